The van der Waals surface area contributed by atoms with E-state index < -0.39 is 12.0 Å². The summed E-state index contributed by atoms with van der Waals surface area (Å²) in [5, 5.41) is 11.8. The monoisotopic (exact) mass is 303 g/mol. The number of carbonyl (C=O) groups is 2. The minimum Gasteiger partial charge on any atom is -0.480 e. The summed E-state index contributed by atoms with van der Waals surface area (Å²) in [6, 6.07) is -0.507. The van der Waals surface area contributed by atoms with Gasteiger partial charge in [-0.15, -0.1) is 11.8 Å². The number of thioether (sulfide) groups is 1. The first-order valence-electron chi connectivity index (χ1n) is 6.95. The highest BCUT2D eigenvalue weighted by molar-refractivity contribution is 8.00. The maximum Gasteiger partial charge on any atom is 0.327 e. The molecule has 116 valence electrons. The van der Waals surface area contributed by atoms with Gasteiger partial charge in [0, 0.05) is 18.3 Å². The number of hydrogen-bond donors (Lipinski definition) is 2. The summed E-state index contributed by atoms with van der Waals surface area (Å²) in [4.78, 5) is 26.8. The van der Waals surface area contributed by atoms with Crippen molar-refractivity contribution < 1.29 is 14.7 Å². The van der Waals surface area contributed by atoms with Crippen molar-refractivity contribution in [2.24, 2.45) is 0 Å². The van der Waals surface area contributed by atoms with E-state index >= 15 is 0 Å². The van der Waals surface area contributed by atoms with Crippen molar-refractivity contribution in [3.8, 4) is 0 Å². The number of amides is 2. The molecule has 1 aliphatic heterocycles. The molecule has 1 fully saturated rings. The van der Waals surface area contributed by atoms with Gasteiger partial charge in [-0.1, -0.05) is 0 Å². The summed E-state index contributed by atoms with van der Waals surface area (Å²) in [5.41, 5.74) is 0. The number of carbonyl (C=O) groups excluding carboxylic acids is 1. The number of aliphatic carboxylic acids is 1. The fraction of sp³-hybridized carbons (Fsp3) is 0.846. The normalized spacial score (nSPS) is 22.6. The van der Waals surface area contributed by atoms with Gasteiger partial charge in [-0.2, -0.15) is 0 Å². The lowest BCUT2D eigenvalue weighted by Gasteiger charge is -2.26. The second-order valence-corrected chi connectivity index (χ2v) is 6.70. The van der Waals surface area contributed by atoms with Crippen LogP contribution >= 0.6 is 11.8 Å². The van der Waals surface area contributed by atoms with Gasteiger partial charge >= 0.3 is 12.0 Å². The zero-order valence-corrected chi connectivity index (χ0v) is 13.4. The van der Waals surface area contributed by atoms with Gasteiger partial charge in [-0.25, -0.2) is 9.59 Å². The molecule has 20 heavy (non-hydrogen) atoms. The molecular weight excluding hydrogens is 278 g/mol. The Balaban J connectivity index is 2.36. The predicted octanol–water partition coefficient (Wildman–Crippen LogP) is 1.27. The van der Waals surface area contributed by atoms with Crippen molar-refractivity contribution in [2.45, 2.75) is 44.6 Å². The molecule has 0 aliphatic carbocycles. The van der Waals surface area contributed by atoms with Crippen LogP contribution in [0.5, 0.6) is 0 Å². The molecular formula is C13H25N3O3S. The van der Waals surface area contributed by atoms with Crippen molar-refractivity contribution >= 4 is 23.8 Å². The Morgan fingerprint density at radius 2 is 2.15 bits per heavy atom. The molecule has 1 heterocycles. The Kier molecular flexibility index (Phi) is 6.61. The topological polar surface area (TPSA) is 72.9 Å². The first-order chi connectivity index (χ1) is 9.34. The first kappa shape index (κ1) is 17.1. The van der Waals surface area contributed by atoms with Crippen LogP contribution in [0.25, 0.3) is 0 Å². The Morgan fingerprint density at radius 3 is 2.70 bits per heavy atom. The summed E-state index contributed by atoms with van der Waals surface area (Å²) >= 11 is 1.49. The van der Waals surface area contributed by atoms with Crippen LogP contribution in [-0.2, 0) is 4.79 Å². The quantitative estimate of drug-likeness (QED) is 0.723. The zero-order chi connectivity index (χ0) is 15.3. The lowest BCUT2D eigenvalue weighted by Crippen LogP contribution is -2.49. The van der Waals surface area contributed by atoms with Gasteiger partial charge in [0.05, 0.1) is 5.37 Å². The maximum atomic E-state index is 12.1. The van der Waals surface area contributed by atoms with Crippen molar-refractivity contribution in [1.82, 2.24) is 15.1 Å². The van der Waals surface area contributed by atoms with Crippen LogP contribution in [0.15, 0.2) is 0 Å². The molecule has 2 atom stereocenters. The highest BCUT2D eigenvalue weighted by Crippen LogP contribution is 2.28. The minimum atomic E-state index is -0.934. The Labute approximate surface area is 124 Å². The number of nitrogens with zero attached hydrogens (tertiary/aromatic N) is 2. The molecule has 2 N–H and O–H groups in total. The summed E-state index contributed by atoms with van der Waals surface area (Å²) in [5.74, 6) is -0.475. The number of carboxylic acids is 1. The number of carboxylic acid groups (broad SMARTS) is 1. The zero-order valence-electron chi connectivity index (χ0n) is 12.6. The molecule has 6 nitrogen and oxygen atoms in total. The smallest absolute Gasteiger partial charge is 0.327 e. The number of hydrogen-bond acceptors (Lipinski definition) is 4. The van der Waals surface area contributed by atoms with E-state index in [-0.39, 0.29) is 11.4 Å². The third-order valence-corrected chi connectivity index (χ3v) is 4.81. The van der Waals surface area contributed by atoms with Gasteiger partial charge in [0.15, 0.2) is 0 Å². The second kappa shape index (κ2) is 7.73. The van der Waals surface area contributed by atoms with E-state index in [0.717, 1.165) is 13.0 Å². The van der Waals surface area contributed by atoms with Crippen LogP contribution in [0.1, 0.15) is 27.2 Å². The molecule has 0 aromatic rings. The van der Waals surface area contributed by atoms with Crippen LogP contribution in [-0.4, -0.2) is 70.3 Å². The van der Waals surface area contributed by atoms with E-state index in [9.17, 15) is 9.59 Å². The second-order valence-electron chi connectivity index (χ2n) is 5.35. The number of rotatable bonds is 6. The number of urea groups is 1. The van der Waals surface area contributed by atoms with Crippen molar-refractivity contribution in [3.05, 3.63) is 0 Å². The van der Waals surface area contributed by atoms with E-state index in [1.807, 2.05) is 14.0 Å². The Morgan fingerprint density at radius 1 is 1.50 bits per heavy atom. The van der Waals surface area contributed by atoms with Crippen LogP contribution < -0.4 is 5.32 Å². The molecule has 0 radical (unpaired) electrons. The highest BCUT2D eigenvalue weighted by Gasteiger charge is 2.39. The van der Waals surface area contributed by atoms with Crippen LogP contribution in [0.4, 0.5) is 4.79 Å². The third-order valence-electron chi connectivity index (χ3n) is 3.59. The fourth-order valence-corrected chi connectivity index (χ4v) is 3.18. The molecule has 7 heteroatoms. The third kappa shape index (κ3) is 4.56. The predicted molar refractivity (Wildman–Crippen MR) is 81.0 cm³/mol. The van der Waals surface area contributed by atoms with Crippen LogP contribution in [0.3, 0.4) is 0 Å². The highest BCUT2D eigenvalue weighted by atomic mass is 32.2. The molecule has 0 bridgehead atoms. The maximum absolute atomic E-state index is 12.1. The number of nitrogens with one attached hydrogen (secondary N) is 1. The SMILES string of the molecule is CC(C)N(C)CCCNC(=O)N1C(C)SCC1C(=O)O. The summed E-state index contributed by atoms with van der Waals surface area (Å²) in [6.45, 7) is 7.58. The van der Waals surface area contributed by atoms with Crippen LogP contribution in [0, 0.1) is 0 Å². The Bertz CT molecular complexity index is 352. The van der Waals surface area contributed by atoms with Gasteiger partial charge in [0.2, 0.25) is 0 Å². The van der Waals surface area contributed by atoms with Gasteiger partial charge < -0.3 is 15.3 Å². The van der Waals surface area contributed by atoms with Crippen molar-refractivity contribution in [1.29, 1.82) is 0 Å². The van der Waals surface area contributed by atoms with E-state index in [0.29, 0.717) is 18.3 Å². The molecule has 1 aliphatic rings. The molecule has 1 rings (SSSR count). The average molecular weight is 303 g/mol. The van der Waals surface area contributed by atoms with Crippen LogP contribution in [0.2, 0.25) is 0 Å². The minimum absolute atomic E-state index is 0.0885. The fourth-order valence-electron chi connectivity index (χ4n) is 2.01. The van der Waals surface area contributed by atoms with Gasteiger partial charge in [0.25, 0.3) is 0 Å². The Hall–Kier alpha value is -0.950. The molecule has 0 aromatic carbocycles. The van der Waals surface area contributed by atoms with Crippen molar-refractivity contribution in [2.75, 3.05) is 25.9 Å². The summed E-state index contributed by atoms with van der Waals surface area (Å²) in [7, 11) is 2.05. The van der Waals surface area contributed by atoms with E-state index in [4.69, 9.17) is 5.11 Å². The van der Waals surface area contributed by atoms with Gasteiger partial charge in [-0.05, 0) is 40.8 Å². The lowest BCUT2D eigenvalue weighted by atomic mass is 10.3. The van der Waals surface area contributed by atoms with E-state index in [1.165, 1.54) is 16.7 Å². The molecule has 0 aromatic heterocycles. The lowest BCUT2D eigenvalue weighted by molar-refractivity contribution is -0.141. The first-order valence-corrected chi connectivity index (χ1v) is 8.00. The standard InChI is InChI=1S/C13H25N3O3S/c1-9(2)15(4)7-5-6-14-13(19)16-10(3)20-8-11(16)12(17)18/h9-11H,5-8H2,1-4H3,(H,14,19)(H,17,18). The molecule has 1 saturated heterocycles. The average Bonchev–Trinajstić information content (AvgIpc) is 2.76. The summed E-state index contributed by atoms with van der Waals surface area (Å²) in [6.07, 6.45) is 0.855. The largest absolute Gasteiger partial charge is 0.480 e. The van der Waals surface area contributed by atoms with Crippen molar-refractivity contribution in [3.63, 3.8) is 0 Å². The molecule has 0 spiro atoms. The van der Waals surface area contributed by atoms with Gasteiger partial charge in [0.1, 0.15) is 6.04 Å². The molecule has 2 amide bonds. The van der Waals surface area contributed by atoms with E-state index in [1.54, 1.807) is 0 Å². The van der Waals surface area contributed by atoms with Gasteiger partial charge in [-0.3, -0.25) is 4.90 Å². The summed E-state index contributed by atoms with van der Waals surface area (Å²) < 4.78 is 0. The van der Waals surface area contributed by atoms with E-state index in [2.05, 4.69) is 24.1 Å². The molecule has 2 unspecified atom stereocenters. The molecule has 0 saturated carbocycles.